The molecule has 3 nitrogen and oxygen atoms in total. The SMILES string of the molecule is CCO[C@H]1CC(=O)[C@@H](C)CO1. The monoisotopic (exact) mass is 158 g/mol. The number of rotatable bonds is 2. The Hall–Kier alpha value is -0.410. The minimum atomic E-state index is -0.288. The summed E-state index contributed by atoms with van der Waals surface area (Å²) in [6, 6.07) is 0. The van der Waals surface area contributed by atoms with Gasteiger partial charge in [-0.25, -0.2) is 0 Å². The Morgan fingerprint density at radius 2 is 2.45 bits per heavy atom. The van der Waals surface area contributed by atoms with Crippen molar-refractivity contribution in [1.82, 2.24) is 0 Å². The highest BCUT2D eigenvalue weighted by molar-refractivity contribution is 5.81. The van der Waals surface area contributed by atoms with Crippen LogP contribution < -0.4 is 0 Å². The first kappa shape index (κ1) is 8.68. The van der Waals surface area contributed by atoms with Gasteiger partial charge in [-0.2, -0.15) is 0 Å². The van der Waals surface area contributed by atoms with Crippen LogP contribution in [0.1, 0.15) is 20.3 Å². The smallest absolute Gasteiger partial charge is 0.164 e. The summed E-state index contributed by atoms with van der Waals surface area (Å²) >= 11 is 0. The lowest BCUT2D eigenvalue weighted by Gasteiger charge is -2.25. The molecule has 0 bridgehead atoms. The summed E-state index contributed by atoms with van der Waals surface area (Å²) in [6.07, 6.45) is 0.123. The van der Waals surface area contributed by atoms with E-state index < -0.39 is 0 Å². The van der Waals surface area contributed by atoms with Gasteiger partial charge in [0.2, 0.25) is 0 Å². The summed E-state index contributed by atoms with van der Waals surface area (Å²) in [6.45, 7) is 4.88. The number of carbonyl (C=O) groups is 1. The maximum Gasteiger partial charge on any atom is 0.164 e. The van der Waals surface area contributed by atoms with Crippen LogP contribution in [-0.2, 0) is 14.3 Å². The van der Waals surface area contributed by atoms with Gasteiger partial charge in [0.15, 0.2) is 6.29 Å². The molecule has 0 unspecified atom stereocenters. The molecule has 1 aliphatic rings. The Bertz CT molecular complexity index is 144. The number of hydrogen-bond acceptors (Lipinski definition) is 3. The van der Waals surface area contributed by atoms with Crippen LogP contribution in [0.15, 0.2) is 0 Å². The second-order valence-corrected chi connectivity index (χ2v) is 2.79. The molecule has 0 saturated carbocycles. The second kappa shape index (κ2) is 3.83. The quantitative estimate of drug-likeness (QED) is 0.600. The molecule has 1 saturated heterocycles. The van der Waals surface area contributed by atoms with Crippen LogP contribution in [0.2, 0.25) is 0 Å². The number of ether oxygens (including phenoxy) is 2. The first-order valence-electron chi connectivity index (χ1n) is 4.00. The van der Waals surface area contributed by atoms with Crippen LogP contribution in [0, 0.1) is 5.92 Å². The molecule has 2 atom stereocenters. The molecule has 0 radical (unpaired) electrons. The predicted octanol–water partition coefficient (Wildman–Crippen LogP) is 0.975. The van der Waals surface area contributed by atoms with Gasteiger partial charge in [-0.05, 0) is 6.92 Å². The molecule has 1 heterocycles. The maximum absolute atomic E-state index is 11.1. The van der Waals surface area contributed by atoms with E-state index in [9.17, 15) is 4.79 Å². The fraction of sp³-hybridized carbons (Fsp3) is 0.875. The van der Waals surface area contributed by atoms with Gasteiger partial charge in [0.1, 0.15) is 5.78 Å². The van der Waals surface area contributed by atoms with E-state index in [1.165, 1.54) is 0 Å². The highest BCUT2D eigenvalue weighted by Gasteiger charge is 2.25. The van der Waals surface area contributed by atoms with Crippen LogP contribution in [0.5, 0.6) is 0 Å². The van der Waals surface area contributed by atoms with E-state index in [2.05, 4.69) is 0 Å². The highest BCUT2D eigenvalue weighted by atomic mass is 16.7. The van der Waals surface area contributed by atoms with E-state index in [1.807, 2.05) is 13.8 Å². The third-order valence-corrected chi connectivity index (χ3v) is 1.80. The number of ketones is 1. The molecular weight excluding hydrogens is 144 g/mol. The van der Waals surface area contributed by atoms with Crippen molar-refractivity contribution in [3.8, 4) is 0 Å². The molecule has 1 aliphatic heterocycles. The summed E-state index contributed by atoms with van der Waals surface area (Å²) < 4.78 is 10.4. The number of hydrogen-bond donors (Lipinski definition) is 0. The van der Waals surface area contributed by atoms with Gasteiger partial charge in [0.25, 0.3) is 0 Å². The van der Waals surface area contributed by atoms with Gasteiger partial charge in [-0.3, -0.25) is 4.79 Å². The summed E-state index contributed by atoms with van der Waals surface area (Å²) in [4.78, 5) is 11.1. The molecule has 0 aliphatic carbocycles. The van der Waals surface area contributed by atoms with Crippen LogP contribution >= 0.6 is 0 Å². The molecule has 0 aromatic heterocycles. The molecule has 0 aromatic rings. The molecule has 3 heteroatoms. The van der Waals surface area contributed by atoms with E-state index in [0.717, 1.165) is 0 Å². The van der Waals surface area contributed by atoms with Crippen LogP contribution in [0.4, 0.5) is 0 Å². The van der Waals surface area contributed by atoms with Crippen molar-refractivity contribution in [2.45, 2.75) is 26.6 Å². The number of Topliss-reactive ketones (excluding diaryl/α,β-unsaturated/α-hetero) is 1. The Balaban J connectivity index is 2.34. The number of carbonyl (C=O) groups excluding carboxylic acids is 1. The summed E-state index contributed by atoms with van der Waals surface area (Å²) in [5.74, 6) is 0.293. The fourth-order valence-corrected chi connectivity index (χ4v) is 1.06. The van der Waals surface area contributed by atoms with Crippen LogP contribution in [0.3, 0.4) is 0 Å². The topological polar surface area (TPSA) is 35.5 Å². The van der Waals surface area contributed by atoms with E-state index in [-0.39, 0.29) is 18.0 Å². The van der Waals surface area contributed by atoms with Crippen molar-refractivity contribution in [2.24, 2.45) is 5.92 Å². The minimum Gasteiger partial charge on any atom is -0.352 e. The summed E-state index contributed by atoms with van der Waals surface area (Å²) in [7, 11) is 0. The van der Waals surface area contributed by atoms with Crippen molar-refractivity contribution < 1.29 is 14.3 Å². The first-order valence-corrected chi connectivity index (χ1v) is 4.00. The van der Waals surface area contributed by atoms with Gasteiger partial charge in [-0.1, -0.05) is 6.92 Å². The van der Waals surface area contributed by atoms with Crippen molar-refractivity contribution in [3.05, 3.63) is 0 Å². The highest BCUT2D eigenvalue weighted by Crippen LogP contribution is 2.15. The van der Waals surface area contributed by atoms with E-state index in [1.54, 1.807) is 0 Å². The lowest BCUT2D eigenvalue weighted by atomic mass is 10.0. The zero-order chi connectivity index (χ0) is 8.27. The van der Waals surface area contributed by atoms with Crippen LogP contribution in [0.25, 0.3) is 0 Å². The predicted molar refractivity (Wildman–Crippen MR) is 40.2 cm³/mol. The summed E-state index contributed by atoms with van der Waals surface area (Å²) in [5.41, 5.74) is 0. The normalized spacial score (nSPS) is 32.4. The average Bonchev–Trinajstić information content (AvgIpc) is 1.98. The van der Waals surface area contributed by atoms with E-state index >= 15 is 0 Å². The second-order valence-electron chi connectivity index (χ2n) is 2.79. The van der Waals surface area contributed by atoms with E-state index in [0.29, 0.717) is 19.6 Å². The van der Waals surface area contributed by atoms with Gasteiger partial charge >= 0.3 is 0 Å². The zero-order valence-electron chi connectivity index (χ0n) is 7.00. The maximum atomic E-state index is 11.1. The molecule has 11 heavy (non-hydrogen) atoms. The molecular formula is C8H14O3. The molecule has 0 N–H and O–H groups in total. The molecule has 0 spiro atoms. The van der Waals surface area contributed by atoms with Gasteiger partial charge in [-0.15, -0.1) is 0 Å². The third kappa shape index (κ3) is 2.27. The molecule has 0 aromatic carbocycles. The van der Waals surface area contributed by atoms with Crippen molar-refractivity contribution >= 4 is 5.78 Å². The molecule has 0 amide bonds. The first-order chi connectivity index (χ1) is 5.24. The average molecular weight is 158 g/mol. The summed E-state index contributed by atoms with van der Waals surface area (Å²) in [5, 5.41) is 0. The molecule has 1 rings (SSSR count). The molecule has 64 valence electrons. The van der Waals surface area contributed by atoms with Gasteiger partial charge in [0.05, 0.1) is 13.0 Å². The Kier molecular flexibility index (Phi) is 3.02. The third-order valence-electron chi connectivity index (χ3n) is 1.80. The van der Waals surface area contributed by atoms with Crippen LogP contribution in [-0.4, -0.2) is 25.3 Å². The minimum absolute atomic E-state index is 0.0479. The largest absolute Gasteiger partial charge is 0.352 e. The fourth-order valence-electron chi connectivity index (χ4n) is 1.06. The van der Waals surface area contributed by atoms with Crippen molar-refractivity contribution in [1.29, 1.82) is 0 Å². The van der Waals surface area contributed by atoms with Crippen molar-refractivity contribution in [2.75, 3.05) is 13.2 Å². The lowest BCUT2D eigenvalue weighted by Crippen LogP contribution is -2.33. The molecule has 1 fully saturated rings. The lowest BCUT2D eigenvalue weighted by molar-refractivity contribution is -0.178. The van der Waals surface area contributed by atoms with E-state index in [4.69, 9.17) is 9.47 Å². The Labute approximate surface area is 66.7 Å². The Morgan fingerprint density at radius 1 is 1.73 bits per heavy atom. The van der Waals surface area contributed by atoms with Crippen molar-refractivity contribution in [3.63, 3.8) is 0 Å². The van der Waals surface area contributed by atoms with Gasteiger partial charge < -0.3 is 9.47 Å². The zero-order valence-corrected chi connectivity index (χ0v) is 7.00. The Morgan fingerprint density at radius 3 is 3.00 bits per heavy atom. The van der Waals surface area contributed by atoms with Gasteiger partial charge in [0, 0.05) is 12.5 Å². The standard InChI is InChI=1S/C8H14O3/c1-3-10-8-4-7(9)6(2)5-11-8/h6,8H,3-5H2,1-2H3/t6-,8+/m0/s1.